The van der Waals surface area contributed by atoms with Gasteiger partial charge in [-0.1, -0.05) is 33.8 Å². The van der Waals surface area contributed by atoms with Gasteiger partial charge in [-0.25, -0.2) is 0 Å². The normalized spacial score (nSPS) is 21.1. The summed E-state index contributed by atoms with van der Waals surface area (Å²) < 4.78 is 10.5. The molecule has 7 nitrogen and oxygen atoms in total. The van der Waals surface area contributed by atoms with Crippen LogP contribution < -0.4 is 4.74 Å². The fourth-order valence-electron chi connectivity index (χ4n) is 5.49. The molecule has 7 heteroatoms. The van der Waals surface area contributed by atoms with Crippen LogP contribution in [0.3, 0.4) is 0 Å². The number of carbonyl (C=O) groups excluding carboxylic acids is 5. The number of rotatable bonds is 6. The highest BCUT2D eigenvalue weighted by Gasteiger charge is 2.52. The fourth-order valence-corrected chi connectivity index (χ4v) is 5.49. The van der Waals surface area contributed by atoms with E-state index in [1.807, 2.05) is 27.7 Å². The number of ketones is 4. The Morgan fingerprint density at radius 1 is 0.882 bits per heavy atom. The first-order valence-corrected chi connectivity index (χ1v) is 11.7. The van der Waals surface area contributed by atoms with Crippen LogP contribution in [0.15, 0.2) is 18.2 Å². The topological polar surface area (TPSA) is 104 Å². The van der Waals surface area contributed by atoms with Gasteiger partial charge in [-0.2, -0.15) is 0 Å². The molecule has 2 fully saturated rings. The van der Waals surface area contributed by atoms with Crippen molar-refractivity contribution in [3.8, 4) is 5.75 Å². The van der Waals surface area contributed by atoms with Crippen molar-refractivity contribution in [3.05, 3.63) is 29.3 Å². The second-order valence-corrected chi connectivity index (χ2v) is 11.2. The zero-order chi connectivity index (χ0) is 25.4. The van der Waals surface area contributed by atoms with Crippen LogP contribution in [0.25, 0.3) is 0 Å². The minimum atomic E-state index is -1.07. The highest BCUT2D eigenvalue weighted by molar-refractivity contribution is 6.11. The number of Topliss-reactive ketones (excluding diaryl/α,β-unsaturated/α-hetero) is 4. The van der Waals surface area contributed by atoms with E-state index in [-0.39, 0.29) is 55.4 Å². The van der Waals surface area contributed by atoms with Crippen molar-refractivity contribution in [3.63, 3.8) is 0 Å². The van der Waals surface area contributed by atoms with E-state index in [9.17, 15) is 24.0 Å². The Morgan fingerprint density at radius 2 is 1.32 bits per heavy atom. The Labute approximate surface area is 200 Å². The van der Waals surface area contributed by atoms with Crippen molar-refractivity contribution in [1.29, 1.82) is 0 Å². The minimum Gasteiger partial charge on any atom is -0.496 e. The number of methoxy groups -OCH3 is 1. The van der Waals surface area contributed by atoms with Crippen molar-refractivity contribution in [1.82, 2.24) is 0 Å². The Morgan fingerprint density at radius 3 is 1.71 bits per heavy atom. The highest BCUT2D eigenvalue weighted by Crippen LogP contribution is 2.47. The predicted octanol–water partition coefficient (Wildman–Crippen LogP) is 3.99. The number of hydrogen-bond acceptors (Lipinski definition) is 7. The number of esters is 1. The van der Waals surface area contributed by atoms with E-state index < -0.39 is 34.6 Å². The second-order valence-electron chi connectivity index (χ2n) is 11.2. The summed E-state index contributed by atoms with van der Waals surface area (Å²) in [6.07, 6.45) is 0.821. The second kappa shape index (κ2) is 9.43. The molecule has 184 valence electrons. The maximum Gasteiger partial charge on any atom is 0.302 e. The van der Waals surface area contributed by atoms with Crippen molar-refractivity contribution >= 4 is 29.1 Å². The Kier molecular flexibility index (Phi) is 7.15. The first-order chi connectivity index (χ1) is 15.7. The SMILES string of the molecule is COc1ccc(C(C2C(=O)CC(C)(C)CC2=O)C2C(=O)CC(C)(C)CC2=O)cc1COC(C)=O. The number of carbonyl (C=O) groups is 5. The average molecular weight is 471 g/mol. The van der Waals surface area contributed by atoms with Gasteiger partial charge in [0, 0.05) is 44.1 Å². The molecule has 34 heavy (non-hydrogen) atoms. The molecular formula is C27H34O7. The summed E-state index contributed by atoms with van der Waals surface area (Å²) in [7, 11) is 1.48. The Bertz CT molecular complexity index is 945. The standard InChI is InChI=1S/C27H34O7/c1-15(28)34-14-17-9-16(7-8-22(17)33-6)23(24-18(29)10-26(2,3)11-19(24)30)25-20(31)12-27(4,5)13-21(25)32/h7-9,23-25H,10-14H2,1-6H3. The van der Waals surface area contributed by atoms with Crippen LogP contribution in [0.5, 0.6) is 5.75 Å². The molecule has 0 aliphatic heterocycles. The van der Waals surface area contributed by atoms with Crippen molar-refractivity contribution in [2.45, 2.75) is 72.8 Å². The molecular weight excluding hydrogens is 436 g/mol. The maximum atomic E-state index is 13.3. The van der Waals surface area contributed by atoms with Crippen LogP contribution in [-0.4, -0.2) is 36.2 Å². The van der Waals surface area contributed by atoms with Gasteiger partial charge in [0.25, 0.3) is 0 Å². The molecule has 0 aromatic heterocycles. The van der Waals surface area contributed by atoms with E-state index >= 15 is 0 Å². The van der Waals surface area contributed by atoms with Gasteiger partial charge in [-0.15, -0.1) is 0 Å². The van der Waals surface area contributed by atoms with Gasteiger partial charge in [0.05, 0.1) is 18.9 Å². The lowest BCUT2D eigenvalue weighted by Crippen LogP contribution is -2.48. The summed E-state index contributed by atoms with van der Waals surface area (Å²) in [5.74, 6) is -4.00. The van der Waals surface area contributed by atoms with Gasteiger partial charge in [0.1, 0.15) is 35.5 Å². The van der Waals surface area contributed by atoms with Crippen LogP contribution in [-0.2, 0) is 35.3 Å². The molecule has 0 bridgehead atoms. The molecule has 0 N–H and O–H groups in total. The van der Waals surface area contributed by atoms with Crippen LogP contribution in [0.1, 0.15) is 77.3 Å². The molecule has 1 aromatic carbocycles. The van der Waals surface area contributed by atoms with Gasteiger partial charge in [-0.3, -0.25) is 24.0 Å². The predicted molar refractivity (Wildman–Crippen MR) is 124 cm³/mol. The quantitative estimate of drug-likeness (QED) is 0.457. The zero-order valence-electron chi connectivity index (χ0n) is 20.9. The van der Waals surface area contributed by atoms with E-state index in [0.717, 1.165) is 0 Å². The molecule has 0 spiro atoms. The van der Waals surface area contributed by atoms with Crippen molar-refractivity contribution in [2.24, 2.45) is 22.7 Å². The molecule has 2 aliphatic carbocycles. The van der Waals surface area contributed by atoms with E-state index in [2.05, 4.69) is 0 Å². The summed E-state index contributed by atoms with van der Waals surface area (Å²) in [5.41, 5.74) is 0.143. The summed E-state index contributed by atoms with van der Waals surface area (Å²) in [6, 6.07) is 5.04. The summed E-state index contributed by atoms with van der Waals surface area (Å²) in [6.45, 7) is 8.71. The largest absolute Gasteiger partial charge is 0.496 e. The van der Waals surface area contributed by atoms with Crippen LogP contribution >= 0.6 is 0 Å². The number of benzene rings is 1. The average Bonchev–Trinajstić information content (AvgIpc) is 2.68. The van der Waals surface area contributed by atoms with Gasteiger partial charge < -0.3 is 9.47 Å². The van der Waals surface area contributed by atoms with Gasteiger partial charge >= 0.3 is 5.97 Å². The van der Waals surface area contributed by atoms with E-state index in [1.54, 1.807) is 18.2 Å². The third-order valence-electron chi connectivity index (χ3n) is 6.84. The molecule has 3 rings (SSSR count). The minimum absolute atomic E-state index is 0.0712. The Hall–Kier alpha value is -2.83. The third-order valence-corrected chi connectivity index (χ3v) is 6.84. The molecule has 0 radical (unpaired) electrons. The molecule has 0 atom stereocenters. The smallest absolute Gasteiger partial charge is 0.302 e. The first kappa shape index (κ1) is 25.8. The number of ether oxygens (including phenoxy) is 2. The third kappa shape index (κ3) is 5.45. The van der Waals surface area contributed by atoms with Crippen LogP contribution in [0.4, 0.5) is 0 Å². The summed E-state index contributed by atoms with van der Waals surface area (Å²) >= 11 is 0. The first-order valence-electron chi connectivity index (χ1n) is 11.7. The highest BCUT2D eigenvalue weighted by atomic mass is 16.5. The number of hydrogen-bond donors (Lipinski definition) is 0. The molecule has 0 saturated heterocycles. The van der Waals surface area contributed by atoms with E-state index in [0.29, 0.717) is 16.9 Å². The van der Waals surface area contributed by atoms with Crippen LogP contribution in [0.2, 0.25) is 0 Å². The molecule has 0 amide bonds. The van der Waals surface area contributed by atoms with Crippen LogP contribution in [0, 0.1) is 22.7 Å². The lowest BCUT2D eigenvalue weighted by atomic mass is 9.59. The zero-order valence-corrected chi connectivity index (χ0v) is 20.9. The Balaban J connectivity index is 2.13. The molecule has 2 aliphatic rings. The van der Waals surface area contributed by atoms with E-state index in [1.165, 1.54) is 14.0 Å². The fraction of sp³-hybridized carbons (Fsp3) is 0.593. The monoisotopic (exact) mass is 470 g/mol. The molecule has 0 unspecified atom stereocenters. The lowest BCUT2D eigenvalue weighted by Gasteiger charge is -2.41. The lowest BCUT2D eigenvalue weighted by molar-refractivity contribution is -0.146. The van der Waals surface area contributed by atoms with Crippen molar-refractivity contribution in [2.75, 3.05) is 7.11 Å². The summed E-state index contributed by atoms with van der Waals surface area (Å²) in [4.78, 5) is 64.6. The van der Waals surface area contributed by atoms with E-state index in [4.69, 9.17) is 9.47 Å². The van der Waals surface area contributed by atoms with Gasteiger partial charge in [0.15, 0.2) is 0 Å². The molecule has 2 saturated carbocycles. The van der Waals surface area contributed by atoms with Crippen molar-refractivity contribution < 1.29 is 33.4 Å². The van der Waals surface area contributed by atoms with Gasteiger partial charge in [0.2, 0.25) is 0 Å². The molecule has 0 heterocycles. The van der Waals surface area contributed by atoms with Gasteiger partial charge in [-0.05, 0) is 28.5 Å². The summed E-state index contributed by atoms with van der Waals surface area (Å²) in [5, 5.41) is 0. The molecule has 1 aromatic rings. The maximum absolute atomic E-state index is 13.3.